The molecular weight excluding hydrogens is 268 g/mol. The maximum absolute atomic E-state index is 12.8. The third kappa shape index (κ3) is 2.60. The molecule has 1 saturated carbocycles. The fourth-order valence-corrected chi connectivity index (χ4v) is 4.09. The summed E-state index contributed by atoms with van der Waals surface area (Å²) in [7, 11) is 0. The minimum absolute atomic E-state index is 0.0506. The topological polar surface area (TPSA) is 84.6 Å². The van der Waals surface area contributed by atoms with E-state index in [1.807, 2.05) is 13.8 Å². The van der Waals surface area contributed by atoms with Crippen molar-refractivity contribution in [3.05, 3.63) is 0 Å². The third-order valence-corrected chi connectivity index (χ3v) is 5.37. The van der Waals surface area contributed by atoms with E-state index in [0.29, 0.717) is 5.92 Å². The molecule has 1 aliphatic carbocycles. The van der Waals surface area contributed by atoms with Crippen LogP contribution >= 0.6 is 0 Å². The van der Waals surface area contributed by atoms with Gasteiger partial charge in [-0.25, -0.2) is 0 Å². The Hall–Kier alpha value is -0.650. The van der Waals surface area contributed by atoms with E-state index in [0.717, 1.165) is 25.9 Å². The molecule has 0 bridgehead atoms. The normalized spacial score (nSPS) is 35.8. The number of nitrogens with one attached hydrogen (secondary N) is 1. The molecule has 4 N–H and O–H groups in total. The molecule has 0 aromatic heterocycles. The van der Waals surface area contributed by atoms with Crippen molar-refractivity contribution in [3.8, 4) is 0 Å². The quantitative estimate of drug-likeness (QED) is 0.708. The highest BCUT2D eigenvalue weighted by Gasteiger charge is 2.70. The van der Waals surface area contributed by atoms with Crippen molar-refractivity contribution in [2.45, 2.75) is 64.6 Å². The van der Waals surface area contributed by atoms with Crippen molar-refractivity contribution in [3.63, 3.8) is 0 Å². The Morgan fingerprint density at radius 2 is 2.14 bits per heavy atom. The zero-order chi connectivity index (χ0) is 15.8. The Bertz CT molecular complexity index is 397. The number of rotatable bonds is 5. The molecule has 5 heteroatoms. The highest BCUT2D eigenvalue weighted by atomic mass is 16.5. The van der Waals surface area contributed by atoms with Crippen LogP contribution < -0.4 is 11.1 Å². The average Bonchev–Trinajstić information content (AvgIpc) is 2.44. The lowest BCUT2D eigenvalue weighted by Gasteiger charge is -2.65. The van der Waals surface area contributed by atoms with Gasteiger partial charge in [-0.3, -0.25) is 4.79 Å². The van der Waals surface area contributed by atoms with E-state index in [4.69, 9.17) is 10.5 Å². The molecule has 0 aromatic carbocycles. The van der Waals surface area contributed by atoms with Crippen LogP contribution in [0.25, 0.3) is 0 Å². The number of carbonyl (C=O) groups is 1. The van der Waals surface area contributed by atoms with Gasteiger partial charge >= 0.3 is 0 Å². The molecule has 1 amide bonds. The number of nitrogens with two attached hydrogens (primary N) is 1. The number of aliphatic hydroxyl groups is 1. The molecule has 2 aliphatic rings. The maximum Gasteiger partial charge on any atom is 0.241 e. The molecule has 2 fully saturated rings. The van der Waals surface area contributed by atoms with Gasteiger partial charge in [-0.2, -0.15) is 0 Å². The van der Waals surface area contributed by atoms with Crippen molar-refractivity contribution in [1.82, 2.24) is 5.32 Å². The van der Waals surface area contributed by atoms with Crippen LogP contribution in [-0.2, 0) is 9.53 Å². The van der Waals surface area contributed by atoms with Crippen LogP contribution in [-0.4, -0.2) is 41.9 Å². The fourth-order valence-electron chi connectivity index (χ4n) is 4.09. The van der Waals surface area contributed by atoms with Gasteiger partial charge in [0.25, 0.3) is 0 Å². The van der Waals surface area contributed by atoms with Gasteiger partial charge in [-0.15, -0.1) is 0 Å². The number of aliphatic hydroxyl groups excluding tert-OH is 1. The highest BCUT2D eigenvalue weighted by molar-refractivity contribution is 5.89. The van der Waals surface area contributed by atoms with Crippen LogP contribution in [0.5, 0.6) is 0 Å². The summed E-state index contributed by atoms with van der Waals surface area (Å²) in [6.45, 7) is 8.88. The van der Waals surface area contributed by atoms with Crippen molar-refractivity contribution < 1.29 is 14.6 Å². The summed E-state index contributed by atoms with van der Waals surface area (Å²) >= 11 is 0. The minimum atomic E-state index is -0.900. The van der Waals surface area contributed by atoms with E-state index in [9.17, 15) is 9.90 Å². The maximum atomic E-state index is 12.8. The molecule has 1 saturated heterocycles. The molecule has 21 heavy (non-hydrogen) atoms. The van der Waals surface area contributed by atoms with Crippen molar-refractivity contribution in [1.29, 1.82) is 0 Å². The first-order valence-corrected chi connectivity index (χ1v) is 8.07. The highest BCUT2D eigenvalue weighted by Crippen LogP contribution is 2.57. The zero-order valence-corrected chi connectivity index (χ0v) is 13.7. The summed E-state index contributed by atoms with van der Waals surface area (Å²) in [4.78, 5) is 12.8. The van der Waals surface area contributed by atoms with Crippen molar-refractivity contribution in [2.24, 2.45) is 23.0 Å². The fraction of sp³-hybridized carbons (Fsp3) is 0.938. The number of carbonyl (C=O) groups excluding carboxylic acids is 1. The summed E-state index contributed by atoms with van der Waals surface area (Å²) in [6, 6.07) is -0.225. The Kier molecular flexibility index (Phi) is 4.66. The second-order valence-corrected chi connectivity index (χ2v) is 7.61. The summed E-state index contributed by atoms with van der Waals surface area (Å²) in [5.41, 5.74) is 5.26. The van der Waals surface area contributed by atoms with Crippen LogP contribution in [0.2, 0.25) is 0 Å². The first kappa shape index (κ1) is 16.7. The average molecular weight is 298 g/mol. The lowest BCUT2D eigenvalue weighted by atomic mass is 9.46. The smallest absolute Gasteiger partial charge is 0.241 e. The first-order valence-electron chi connectivity index (χ1n) is 8.07. The van der Waals surface area contributed by atoms with Gasteiger partial charge < -0.3 is 20.9 Å². The molecule has 1 heterocycles. The molecule has 4 unspecified atom stereocenters. The Morgan fingerprint density at radius 3 is 2.71 bits per heavy atom. The summed E-state index contributed by atoms with van der Waals surface area (Å²) < 4.78 is 5.82. The number of fused-ring (bicyclic) bond motifs is 1. The van der Waals surface area contributed by atoms with E-state index in [2.05, 4.69) is 19.2 Å². The predicted octanol–water partition coefficient (Wildman–Crippen LogP) is 1.04. The van der Waals surface area contributed by atoms with E-state index in [1.165, 1.54) is 0 Å². The lowest BCUT2D eigenvalue weighted by molar-refractivity contribution is -0.225. The lowest BCUT2D eigenvalue weighted by Crippen LogP contribution is -2.82. The largest absolute Gasteiger partial charge is 0.394 e. The second-order valence-electron chi connectivity index (χ2n) is 7.61. The van der Waals surface area contributed by atoms with Crippen LogP contribution in [0.15, 0.2) is 0 Å². The Morgan fingerprint density at radius 1 is 1.48 bits per heavy atom. The van der Waals surface area contributed by atoms with Gasteiger partial charge in [0.15, 0.2) is 0 Å². The van der Waals surface area contributed by atoms with Crippen molar-refractivity contribution >= 4 is 5.91 Å². The van der Waals surface area contributed by atoms with Crippen LogP contribution in [0.3, 0.4) is 0 Å². The predicted molar refractivity (Wildman–Crippen MR) is 81.6 cm³/mol. The van der Waals surface area contributed by atoms with E-state index >= 15 is 0 Å². The standard InChI is InChI=1S/C16H30N2O3/c1-10(2)8-11(9-19)18-14(20)16(17)12-6-5-7-21-13(12)15(16,3)4/h10-13,19H,5-9,17H2,1-4H3,(H,18,20). The molecule has 0 spiro atoms. The zero-order valence-electron chi connectivity index (χ0n) is 13.7. The van der Waals surface area contributed by atoms with Gasteiger partial charge in [0, 0.05) is 17.9 Å². The molecule has 2 rings (SSSR count). The van der Waals surface area contributed by atoms with Gasteiger partial charge in [0.1, 0.15) is 5.54 Å². The number of hydrogen-bond acceptors (Lipinski definition) is 4. The number of hydrogen-bond donors (Lipinski definition) is 3. The number of ether oxygens (including phenoxy) is 1. The van der Waals surface area contributed by atoms with E-state index < -0.39 is 5.54 Å². The van der Waals surface area contributed by atoms with Crippen LogP contribution in [0.4, 0.5) is 0 Å². The van der Waals surface area contributed by atoms with E-state index in [1.54, 1.807) is 0 Å². The van der Waals surface area contributed by atoms with E-state index in [-0.39, 0.29) is 36.0 Å². The molecule has 5 nitrogen and oxygen atoms in total. The molecule has 0 aromatic rings. The minimum Gasteiger partial charge on any atom is -0.394 e. The van der Waals surface area contributed by atoms with Crippen molar-refractivity contribution in [2.75, 3.05) is 13.2 Å². The summed E-state index contributed by atoms with van der Waals surface area (Å²) in [6.07, 6.45) is 2.72. The molecule has 122 valence electrons. The SMILES string of the molecule is CC(C)CC(CO)NC(=O)C1(N)C2CCCOC2C1(C)C. The van der Waals surface area contributed by atoms with Gasteiger partial charge in [-0.1, -0.05) is 27.7 Å². The molecule has 0 radical (unpaired) electrons. The third-order valence-electron chi connectivity index (χ3n) is 5.37. The Labute approximate surface area is 127 Å². The van der Waals surface area contributed by atoms with Gasteiger partial charge in [0.05, 0.1) is 18.8 Å². The van der Waals surface area contributed by atoms with Gasteiger partial charge in [-0.05, 0) is 25.2 Å². The summed E-state index contributed by atoms with van der Waals surface area (Å²) in [5, 5.41) is 12.4. The van der Waals surface area contributed by atoms with Crippen LogP contribution in [0, 0.1) is 17.3 Å². The number of amides is 1. The first-order chi connectivity index (χ1) is 9.75. The second kappa shape index (κ2) is 5.86. The molecule has 1 aliphatic heterocycles. The molecular formula is C16H30N2O3. The summed E-state index contributed by atoms with van der Waals surface area (Å²) in [5.74, 6) is 0.356. The van der Waals surface area contributed by atoms with Crippen LogP contribution in [0.1, 0.15) is 47.0 Å². The van der Waals surface area contributed by atoms with Gasteiger partial charge in [0.2, 0.25) is 5.91 Å². The monoisotopic (exact) mass is 298 g/mol. The Balaban J connectivity index is 2.09. The molecule has 4 atom stereocenters.